The molecule has 0 heterocycles. The molecule has 0 aromatic heterocycles. The standard InChI is InChI=1S/C7H10/c1-2-3-7-4-6(7)5-7/h4H,2-3,5H2,1H3. The third-order valence-electron chi connectivity index (χ3n) is 2.08. The fourth-order valence-corrected chi connectivity index (χ4v) is 1.33. The average molecular weight is 94.2 g/mol. The van der Waals surface area contributed by atoms with Gasteiger partial charge in [-0.05, 0) is 12.8 Å². The van der Waals surface area contributed by atoms with E-state index in [0.717, 1.165) is 5.41 Å². The molecule has 1 saturated carbocycles. The normalized spacial score (nSPS) is 42.1. The van der Waals surface area contributed by atoms with Gasteiger partial charge >= 0.3 is 0 Å². The zero-order valence-corrected chi connectivity index (χ0v) is 4.70. The van der Waals surface area contributed by atoms with E-state index in [0.29, 0.717) is 0 Å². The molecular formula is C7H10. The Balaban J connectivity index is 1.91. The van der Waals surface area contributed by atoms with E-state index >= 15 is 0 Å². The summed E-state index contributed by atoms with van der Waals surface area (Å²) in [4.78, 5) is 0. The first-order chi connectivity index (χ1) is 3.37. The number of allylic oxidation sites excluding steroid dienone is 2. The van der Waals surface area contributed by atoms with Crippen LogP contribution in [0.4, 0.5) is 0 Å². The average Bonchev–Trinajstić information content (AvgIpc) is 2.22. The van der Waals surface area contributed by atoms with Gasteiger partial charge < -0.3 is 0 Å². The van der Waals surface area contributed by atoms with Crippen molar-refractivity contribution in [1.82, 2.24) is 0 Å². The van der Waals surface area contributed by atoms with Crippen molar-refractivity contribution in [3.05, 3.63) is 11.6 Å². The summed E-state index contributed by atoms with van der Waals surface area (Å²) in [5.41, 5.74) is 2.50. The lowest BCUT2D eigenvalue weighted by Crippen LogP contribution is -1.82. The molecule has 0 aromatic rings. The van der Waals surface area contributed by atoms with Crippen LogP contribution >= 0.6 is 0 Å². The van der Waals surface area contributed by atoms with E-state index < -0.39 is 0 Å². The maximum atomic E-state index is 2.41. The fourth-order valence-electron chi connectivity index (χ4n) is 1.33. The Morgan fingerprint density at radius 3 is 2.57 bits per heavy atom. The molecule has 0 heteroatoms. The Kier molecular flexibility index (Phi) is 0.421. The Labute approximate surface area is 44.2 Å². The van der Waals surface area contributed by atoms with Crippen LogP contribution in [0.1, 0.15) is 26.2 Å². The van der Waals surface area contributed by atoms with Crippen molar-refractivity contribution in [3.63, 3.8) is 0 Å². The second-order valence-electron chi connectivity index (χ2n) is 2.75. The second kappa shape index (κ2) is 0.795. The molecule has 38 valence electrons. The summed E-state index contributed by atoms with van der Waals surface area (Å²) in [5, 5.41) is 0. The topological polar surface area (TPSA) is 0 Å². The molecule has 0 saturated heterocycles. The molecule has 2 aliphatic rings. The van der Waals surface area contributed by atoms with Gasteiger partial charge in [-0.1, -0.05) is 25.0 Å². The first-order valence-electron chi connectivity index (χ1n) is 3.10. The van der Waals surface area contributed by atoms with Crippen LogP contribution in [0.5, 0.6) is 0 Å². The first-order valence-corrected chi connectivity index (χ1v) is 3.10. The lowest BCUT2D eigenvalue weighted by Gasteiger charge is -1.93. The van der Waals surface area contributed by atoms with E-state index in [9.17, 15) is 0 Å². The third kappa shape index (κ3) is 0.324. The number of fused-ring (bicyclic) bond motifs is 1. The van der Waals surface area contributed by atoms with Crippen LogP contribution in [0, 0.1) is 5.41 Å². The summed E-state index contributed by atoms with van der Waals surface area (Å²) >= 11 is 0. The van der Waals surface area contributed by atoms with Crippen LogP contribution in [0.2, 0.25) is 0 Å². The summed E-state index contributed by atoms with van der Waals surface area (Å²) in [5.74, 6) is 0. The highest BCUT2D eigenvalue weighted by molar-refractivity contribution is 5.55. The highest BCUT2D eigenvalue weighted by Crippen LogP contribution is 2.70. The molecule has 2 rings (SSSR count). The van der Waals surface area contributed by atoms with Crippen molar-refractivity contribution in [3.8, 4) is 0 Å². The smallest absolute Gasteiger partial charge is 0.0132 e. The van der Waals surface area contributed by atoms with Crippen molar-refractivity contribution < 1.29 is 0 Å². The molecular weight excluding hydrogens is 84.1 g/mol. The fraction of sp³-hybridized carbons (Fsp3) is 0.714. The van der Waals surface area contributed by atoms with Crippen LogP contribution in [-0.2, 0) is 0 Å². The maximum absolute atomic E-state index is 2.41. The molecule has 1 fully saturated rings. The van der Waals surface area contributed by atoms with Gasteiger partial charge in [0.25, 0.3) is 0 Å². The second-order valence-corrected chi connectivity index (χ2v) is 2.75. The van der Waals surface area contributed by atoms with Gasteiger partial charge in [-0.2, -0.15) is 0 Å². The summed E-state index contributed by atoms with van der Waals surface area (Å²) < 4.78 is 0. The predicted molar refractivity (Wildman–Crippen MR) is 30.0 cm³/mol. The maximum Gasteiger partial charge on any atom is 0.0132 e. The summed E-state index contributed by atoms with van der Waals surface area (Å²) in [7, 11) is 0. The molecule has 0 nitrogen and oxygen atoms in total. The highest BCUT2D eigenvalue weighted by atomic mass is 14.6. The number of hydrogen-bond acceptors (Lipinski definition) is 0. The molecule has 2 aliphatic carbocycles. The van der Waals surface area contributed by atoms with E-state index in [4.69, 9.17) is 0 Å². The zero-order valence-electron chi connectivity index (χ0n) is 4.70. The van der Waals surface area contributed by atoms with Gasteiger partial charge in [0.05, 0.1) is 0 Å². The molecule has 0 N–H and O–H groups in total. The Morgan fingerprint density at radius 2 is 2.43 bits per heavy atom. The quantitative estimate of drug-likeness (QED) is 0.460. The van der Waals surface area contributed by atoms with Crippen LogP contribution in [0.15, 0.2) is 11.6 Å². The molecule has 0 amide bonds. The minimum Gasteiger partial charge on any atom is -0.0738 e. The summed E-state index contributed by atoms with van der Waals surface area (Å²) in [6.07, 6.45) is 6.65. The van der Waals surface area contributed by atoms with Crippen molar-refractivity contribution in [2.75, 3.05) is 0 Å². The SMILES string of the molecule is CCCC12C=C1C2. The van der Waals surface area contributed by atoms with Gasteiger partial charge in [0.1, 0.15) is 0 Å². The minimum absolute atomic E-state index is 0.759. The molecule has 0 aromatic carbocycles. The van der Waals surface area contributed by atoms with Gasteiger partial charge in [0, 0.05) is 5.41 Å². The molecule has 7 heavy (non-hydrogen) atoms. The number of hydrogen-bond donors (Lipinski definition) is 0. The van der Waals surface area contributed by atoms with Gasteiger partial charge in [-0.3, -0.25) is 0 Å². The minimum atomic E-state index is 0.759. The molecule has 0 aliphatic heterocycles. The van der Waals surface area contributed by atoms with E-state index in [1.54, 1.807) is 5.57 Å². The van der Waals surface area contributed by atoms with E-state index in [2.05, 4.69) is 13.0 Å². The van der Waals surface area contributed by atoms with Crippen molar-refractivity contribution in [2.45, 2.75) is 26.2 Å². The van der Waals surface area contributed by atoms with E-state index in [-0.39, 0.29) is 0 Å². The summed E-state index contributed by atoms with van der Waals surface area (Å²) in [6.45, 7) is 2.26. The molecule has 0 radical (unpaired) electrons. The van der Waals surface area contributed by atoms with Gasteiger partial charge in [0.15, 0.2) is 0 Å². The van der Waals surface area contributed by atoms with Crippen molar-refractivity contribution >= 4 is 0 Å². The van der Waals surface area contributed by atoms with E-state index in [1.165, 1.54) is 19.3 Å². The van der Waals surface area contributed by atoms with Crippen molar-refractivity contribution in [1.29, 1.82) is 0 Å². The van der Waals surface area contributed by atoms with Gasteiger partial charge in [-0.25, -0.2) is 0 Å². The van der Waals surface area contributed by atoms with E-state index in [1.807, 2.05) is 0 Å². The molecule has 0 spiro atoms. The molecule has 1 unspecified atom stereocenters. The number of rotatable bonds is 2. The van der Waals surface area contributed by atoms with Gasteiger partial charge in [0.2, 0.25) is 0 Å². The van der Waals surface area contributed by atoms with Crippen LogP contribution in [0.25, 0.3) is 0 Å². The highest BCUT2D eigenvalue weighted by Gasteiger charge is 2.57. The largest absolute Gasteiger partial charge is 0.0738 e. The zero-order chi connectivity index (χ0) is 4.91. The van der Waals surface area contributed by atoms with Crippen LogP contribution in [-0.4, -0.2) is 0 Å². The van der Waals surface area contributed by atoms with Crippen LogP contribution in [0.3, 0.4) is 0 Å². The monoisotopic (exact) mass is 94.1 g/mol. The van der Waals surface area contributed by atoms with Crippen LogP contribution < -0.4 is 0 Å². The summed E-state index contributed by atoms with van der Waals surface area (Å²) in [6, 6.07) is 0. The lowest BCUT2D eigenvalue weighted by molar-refractivity contribution is 0.635. The van der Waals surface area contributed by atoms with Crippen molar-refractivity contribution in [2.24, 2.45) is 5.41 Å². The lowest BCUT2D eigenvalue weighted by atomic mass is 10.1. The Bertz CT molecular complexity index is 133. The third-order valence-corrected chi connectivity index (χ3v) is 2.08. The predicted octanol–water partition coefficient (Wildman–Crippen LogP) is 2.12. The Morgan fingerprint density at radius 1 is 1.86 bits per heavy atom. The van der Waals surface area contributed by atoms with Gasteiger partial charge in [-0.15, -0.1) is 0 Å². The molecule has 1 atom stereocenters. The first kappa shape index (κ1) is 3.71. The molecule has 0 bridgehead atoms. The Hall–Kier alpha value is -0.260.